The molecule has 0 saturated carbocycles. The molecule has 0 fully saturated rings. The summed E-state index contributed by atoms with van der Waals surface area (Å²) in [5.41, 5.74) is 0. The molecule has 0 aliphatic heterocycles. The Kier molecular flexibility index (Phi) is 15.0. The second-order valence-electron chi connectivity index (χ2n) is 6.86. The van der Waals surface area contributed by atoms with Crippen LogP contribution in [0.15, 0.2) is 0 Å². The van der Waals surface area contributed by atoms with Crippen molar-refractivity contribution in [3.05, 3.63) is 0 Å². The molecule has 0 aliphatic rings. The van der Waals surface area contributed by atoms with Crippen LogP contribution in [0.5, 0.6) is 0 Å². The summed E-state index contributed by atoms with van der Waals surface area (Å²) in [5, 5.41) is 3.09. The molecule has 22 heavy (non-hydrogen) atoms. The minimum Gasteiger partial charge on any atom is -0.356 e. The van der Waals surface area contributed by atoms with Crippen molar-refractivity contribution < 1.29 is 4.79 Å². The van der Waals surface area contributed by atoms with Crippen molar-refractivity contribution in [1.29, 1.82) is 0 Å². The van der Waals surface area contributed by atoms with E-state index in [1.807, 2.05) is 0 Å². The molecule has 0 rings (SSSR count). The molecule has 132 valence electrons. The summed E-state index contributed by atoms with van der Waals surface area (Å²) in [5.74, 6) is 1.98. The molecule has 0 aromatic carbocycles. The number of hydrogen-bond acceptors (Lipinski definition) is 1. The van der Waals surface area contributed by atoms with Gasteiger partial charge in [-0.25, -0.2) is 0 Å². The molecule has 1 N–H and O–H groups in total. The largest absolute Gasteiger partial charge is 0.356 e. The Balaban J connectivity index is 3.53. The lowest BCUT2D eigenvalue weighted by Crippen LogP contribution is -2.24. The molecule has 1 amide bonds. The number of nitrogens with one attached hydrogen (secondary N) is 1. The highest BCUT2D eigenvalue weighted by molar-refractivity contribution is 5.75. The van der Waals surface area contributed by atoms with Crippen molar-refractivity contribution in [2.24, 2.45) is 11.8 Å². The number of carbonyl (C=O) groups excluding carboxylic acids is 1. The van der Waals surface area contributed by atoms with Crippen molar-refractivity contribution in [2.45, 2.75) is 105 Å². The highest BCUT2D eigenvalue weighted by Gasteiger charge is 2.07. The maximum atomic E-state index is 11.8. The molecule has 2 atom stereocenters. The van der Waals surface area contributed by atoms with E-state index in [1.165, 1.54) is 57.8 Å². The zero-order valence-corrected chi connectivity index (χ0v) is 15.8. The van der Waals surface area contributed by atoms with Gasteiger partial charge in [0, 0.05) is 13.0 Å². The molecular formula is C20H41NO. The van der Waals surface area contributed by atoms with Crippen molar-refractivity contribution >= 4 is 5.91 Å². The molecule has 0 radical (unpaired) electrons. The molecule has 2 unspecified atom stereocenters. The fourth-order valence-electron chi connectivity index (χ4n) is 3.35. The molecule has 0 aromatic heterocycles. The topological polar surface area (TPSA) is 29.1 Å². The summed E-state index contributed by atoms with van der Waals surface area (Å²) in [6.45, 7) is 9.95. The molecule has 0 aliphatic carbocycles. The van der Waals surface area contributed by atoms with Gasteiger partial charge >= 0.3 is 0 Å². The normalized spacial score (nSPS) is 13.8. The van der Waals surface area contributed by atoms with E-state index < -0.39 is 0 Å². The summed E-state index contributed by atoms with van der Waals surface area (Å²) in [6, 6.07) is 0. The van der Waals surface area contributed by atoms with E-state index in [-0.39, 0.29) is 5.91 Å². The average molecular weight is 312 g/mol. The first-order chi connectivity index (χ1) is 10.7. The summed E-state index contributed by atoms with van der Waals surface area (Å²) in [7, 11) is 0. The third kappa shape index (κ3) is 12.1. The van der Waals surface area contributed by atoms with Gasteiger partial charge in [0.25, 0.3) is 0 Å². The Morgan fingerprint density at radius 2 is 1.32 bits per heavy atom. The molecule has 0 heterocycles. The first-order valence-corrected chi connectivity index (χ1v) is 9.94. The van der Waals surface area contributed by atoms with E-state index in [4.69, 9.17) is 0 Å². The Bertz CT molecular complexity index is 228. The molecule has 0 aromatic rings. The minimum atomic E-state index is 0.257. The van der Waals surface area contributed by atoms with Gasteiger partial charge in [-0.05, 0) is 31.1 Å². The van der Waals surface area contributed by atoms with Crippen molar-refractivity contribution in [2.75, 3.05) is 6.54 Å². The maximum Gasteiger partial charge on any atom is 0.219 e. The van der Waals surface area contributed by atoms with E-state index >= 15 is 0 Å². The molecule has 0 saturated heterocycles. The van der Waals surface area contributed by atoms with Crippen LogP contribution in [-0.2, 0) is 4.79 Å². The van der Waals surface area contributed by atoms with E-state index in [1.54, 1.807) is 0 Å². The Morgan fingerprint density at radius 3 is 1.82 bits per heavy atom. The van der Waals surface area contributed by atoms with Crippen LogP contribution in [0.1, 0.15) is 105 Å². The van der Waals surface area contributed by atoms with Crippen molar-refractivity contribution in [3.63, 3.8) is 0 Å². The molecular weight excluding hydrogens is 270 g/mol. The second-order valence-corrected chi connectivity index (χ2v) is 6.86. The van der Waals surface area contributed by atoms with Crippen LogP contribution in [-0.4, -0.2) is 12.5 Å². The lowest BCUT2D eigenvalue weighted by molar-refractivity contribution is -0.121. The zero-order chi connectivity index (χ0) is 16.6. The zero-order valence-electron chi connectivity index (χ0n) is 15.8. The Morgan fingerprint density at radius 1 is 0.773 bits per heavy atom. The molecule has 0 spiro atoms. The predicted molar refractivity (Wildman–Crippen MR) is 98.1 cm³/mol. The van der Waals surface area contributed by atoms with Gasteiger partial charge < -0.3 is 5.32 Å². The third-order valence-corrected chi connectivity index (χ3v) is 4.93. The summed E-state index contributed by atoms with van der Waals surface area (Å²) >= 11 is 0. The van der Waals surface area contributed by atoms with Crippen molar-refractivity contribution in [1.82, 2.24) is 5.32 Å². The number of unbranched alkanes of at least 4 members (excludes halogenated alkanes) is 1. The van der Waals surface area contributed by atoms with Gasteiger partial charge in [-0.1, -0.05) is 79.1 Å². The monoisotopic (exact) mass is 311 g/mol. The SMILES string of the molecule is CCCC(CC)CCCCC(=O)NCCCC(CC)CCC. The van der Waals surface area contributed by atoms with Gasteiger partial charge in [0.05, 0.1) is 0 Å². The smallest absolute Gasteiger partial charge is 0.219 e. The van der Waals surface area contributed by atoms with Gasteiger partial charge in [-0.2, -0.15) is 0 Å². The van der Waals surface area contributed by atoms with E-state index in [0.717, 1.165) is 31.2 Å². The predicted octanol–water partition coefficient (Wildman–Crippen LogP) is 6.10. The van der Waals surface area contributed by atoms with Gasteiger partial charge in [0.1, 0.15) is 0 Å². The van der Waals surface area contributed by atoms with Crippen LogP contribution in [0.4, 0.5) is 0 Å². The maximum absolute atomic E-state index is 11.8. The number of carbonyl (C=O) groups is 1. The lowest BCUT2D eigenvalue weighted by atomic mass is 9.94. The van der Waals surface area contributed by atoms with Crippen LogP contribution in [0, 0.1) is 11.8 Å². The van der Waals surface area contributed by atoms with E-state index in [0.29, 0.717) is 6.42 Å². The summed E-state index contributed by atoms with van der Waals surface area (Å²) < 4.78 is 0. The van der Waals surface area contributed by atoms with Crippen LogP contribution >= 0.6 is 0 Å². The first-order valence-electron chi connectivity index (χ1n) is 9.94. The highest BCUT2D eigenvalue weighted by Crippen LogP contribution is 2.19. The standard InChI is InChI=1S/C20H41NO/c1-5-12-18(7-3)14-9-10-16-20(22)21-17-11-15-19(8-4)13-6-2/h18-19H,5-17H2,1-4H3,(H,21,22). The van der Waals surface area contributed by atoms with Gasteiger partial charge in [-0.15, -0.1) is 0 Å². The van der Waals surface area contributed by atoms with E-state index in [2.05, 4.69) is 33.0 Å². The van der Waals surface area contributed by atoms with Gasteiger partial charge in [-0.3, -0.25) is 4.79 Å². The van der Waals surface area contributed by atoms with Crippen LogP contribution < -0.4 is 5.32 Å². The van der Waals surface area contributed by atoms with Gasteiger partial charge in [0.15, 0.2) is 0 Å². The lowest BCUT2D eigenvalue weighted by Gasteiger charge is -2.14. The number of amides is 1. The fraction of sp³-hybridized carbons (Fsp3) is 0.950. The summed E-state index contributed by atoms with van der Waals surface area (Å²) in [6.07, 6.45) is 14.5. The number of hydrogen-bond donors (Lipinski definition) is 1. The highest BCUT2D eigenvalue weighted by atomic mass is 16.1. The quantitative estimate of drug-likeness (QED) is 0.364. The molecule has 0 bridgehead atoms. The molecule has 2 heteroatoms. The fourth-order valence-corrected chi connectivity index (χ4v) is 3.35. The third-order valence-electron chi connectivity index (χ3n) is 4.93. The number of rotatable bonds is 15. The van der Waals surface area contributed by atoms with Crippen LogP contribution in [0.2, 0.25) is 0 Å². The van der Waals surface area contributed by atoms with Crippen molar-refractivity contribution in [3.8, 4) is 0 Å². The van der Waals surface area contributed by atoms with Crippen LogP contribution in [0.3, 0.4) is 0 Å². The first kappa shape index (κ1) is 21.5. The summed E-state index contributed by atoms with van der Waals surface area (Å²) in [4.78, 5) is 11.8. The second kappa shape index (κ2) is 15.4. The Labute approximate surface area is 139 Å². The average Bonchev–Trinajstić information content (AvgIpc) is 2.53. The van der Waals surface area contributed by atoms with Gasteiger partial charge in [0.2, 0.25) is 5.91 Å². The van der Waals surface area contributed by atoms with Crippen LogP contribution in [0.25, 0.3) is 0 Å². The van der Waals surface area contributed by atoms with E-state index in [9.17, 15) is 4.79 Å². The molecule has 2 nitrogen and oxygen atoms in total. The Hall–Kier alpha value is -0.530. The minimum absolute atomic E-state index is 0.257.